The van der Waals surface area contributed by atoms with Crippen molar-refractivity contribution in [2.75, 3.05) is 0 Å². The van der Waals surface area contributed by atoms with Gasteiger partial charge in [0.1, 0.15) is 6.07 Å². The molecular weight excluding hydrogens is 334 g/mol. The number of aryl methyl sites for hydroxylation is 1. The fourth-order valence-electron chi connectivity index (χ4n) is 1.26. The minimum atomic E-state index is 0.532. The lowest BCUT2D eigenvalue weighted by Crippen LogP contribution is -1.86. The number of nitriles is 1. The van der Waals surface area contributed by atoms with E-state index in [-0.39, 0.29) is 0 Å². The summed E-state index contributed by atoms with van der Waals surface area (Å²) in [6.07, 6.45) is 2.11. The second kappa shape index (κ2) is 6.12. The molecule has 0 aliphatic carbocycles. The van der Waals surface area contributed by atoms with Gasteiger partial charge in [0.15, 0.2) is 5.65 Å². The zero-order valence-electron chi connectivity index (χ0n) is 9.32. The van der Waals surface area contributed by atoms with Crippen LogP contribution in [0, 0.1) is 18.3 Å². The Labute approximate surface area is 109 Å². The van der Waals surface area contributed by atoms with Gasteiger partial charge in [-0.05, 0) is 35.0 Å². The Kier molecular flexibility index (Phi) is 5.10. The van der Waals surface area contributed by atoms with Gasteiger partial charge in [-0.15, -0.1) is 0 Å². The van der Waals surface area contributed by atoms with Crippen molar-refractivity contribution < 1.29 is 0 Å². The van der Waals surface area contributed by atoms with Gasteiger partial charge in [-0.25, -0.2) is 9.44 Å². The molecule has 0 saturated carbocycles. The minimum Gasteiger partial charge on any atom is -0.235 e. The SMILES string of the molecule is CC.Cc1nn(PI)c2ncc(C#N)cc12. The smallest absolute Gasteiger partial charge is 0.162 e. The highest BCUT2D eigenvalue weighted by atomic mass is 127. The first-order chi connectivity index (χ1) is 7.76. The van der Waals surface area contributed by atoms with Crippen molar-refractivity contribution in [3.63, 3.8) is 0 Å². The first-order valence-corrected chi connectivity index (χ1v) is 8.94. The van der Waals surface area contributed by atoms with E-state index in [1.807, 2.05) is 31.3 Å². The highest BCUT2D eigenvalue weighted by molar-refractivity contribution is 14.2. The van der Waals surface area contributed by atoms with E-state index in [1.165, 1.54) is 0 Å². The normalized spacial score (nSPS) is 10.2. The van der Waals surface area contributed by atoms with Crippen molar-refractivity contribution in [3.05, 3.63) is 23.5 Å². The molecule has 2 rings (SSSR count). The highest BCUT2D eigenvalue weighted by Gasteiger charge is 2.08. The van der Waals surface area contributed by atoms with Crippen molar-refractivity contribution in [3.8, 4) is 6.07 Å². The van der Waals surface area contributed by atoms with Gasteiger partial charge in [0.05, 0.1) is 17.6 Å². The molecule has 0 amide bonds. The molecular formula is C10H12IN4P. The average Bonchev–Trinajstić information content (AvgIpc) is 2.68. The van der Waals surface area contributed by atoms with Gasteiger partial charge in [-0.1, -0.05) is 13.8 Å². The Morgan fingerprint density at radius 1 is 1.50 bits per heavy atom. The lowest BCUT2D eigenvalue weighted by Gasteiger charge is -1.94. The highest BCUT2D eigenvalue weighted by Crippen LogP contribution is 2.28. The quantitative estimate of drug-likeness (QED) is 0.587. The third-order valence-electron chi connectivity index (χ3n) is 1.92. The zero-order chi connectivity index (χ0) is 12.1. The number of nitrogens with zero attached hydrogens (tertiary/aromatic N) is 4. The number of rotatable bonds is 1. The summed E-state index contributed by atoms with van der Waals surface area (Å²) in [5, 5.41) is 14.0. The fourth-order valence-corrected chi connectivity index (χ4v) is 2.72. The molecule has 2 aromatic heterocycles. The minimum absolute atomic E-state index is 0.532. The van der Waals surface area contributed by atoms with Gasteiger partial charge in [-0.3, -0.25) is 0 Å². The van der Waals surface area contributed by atoms with E-state index in [9.17, 15) is 0 Å². The Hall–Kier alpha value is -0.730. The Balaban J connectivity index is 0.000000606. The Bertz CT molecular complexity index is 529. The third kappa shape index (κ3) is 2.50. The van der Waals surface area contributed by atoms with Crippen molar-refractivity contribution in [1.29, 1.82) is 5.26 Å². The summed E-state index contributed by atoms with van der Waals surface area (Å²) in [5.41, 5.74) is 2.36. The van der Waals surface area contributed by atoms with Gasteiger partial charge in [-0.2, -0.15) is 10.4 Å². The molecule has 0 aromatic carbocycles. The molecule has 0 fully saturated rings. The molecule has 84 valence electrons. The van der Waals surface area contributed by atoms with E-state index in [0.29, 0.717) is 11.9 Å². The molecule has 2 heterocycles. The maximum Gasteiger partial charge on any atom is 0.162 e. The molecule has 16 heavy (non-hydrogen) atoms. The molecule has 0 aliphatic rings. The summed E-state index contributed by atoms with van der Waals surface area (Å²) in [4.78, 5) is 4.22. The second-order valence-electron chi connectivity index (χ2n) is 2.79. The summed E-state index contributed by atoms with van der Waals surface area (Å²) >= 11 is 2.26. The van der Waals surface area contributed by atoms with Crippen LogP contribution < -0.4 is 0 Å². The lowest BCUT2D eigenvalue weighted by molar-refractivity contribution is 0.990. The molecule has 0 N–H and O–H groups in total. The fraction of sp³-hybridized carbons (Fsp3) is 0.300. The molecule has 1 atom stereocenters. The predicted octanol–water partition coefficient (Wildman–Crippen LogP) is 3.43. The topological polar surface area (TPSA) is 54.5 Å². The molecule has 0 spiro atoms. The molecule has 0 radical (unpaired) electrons. The second-order valence-corrected chi connectivity index (χ2v) is 4.83. The maximum absolute atomic E-state index is 8.73. The van der Waals surface area contributed by atoms with Crippen LogP contribution in [0.5, 0.6) is 0 Å². The first kappa shape index (κ1) is 13.3. The summed E-state index contributed by atoms with van der Waals surface area (Å²) in [6, 6.07) is 3.91. The van der Waals surface area contributed by atoms with Crippen molar-refractivity contribution in [2.24, 2.45) is 0 Å². The van der Waals surface area contributed by atoms with Crippen molar-refractivity contribution in [2.45, 2.75) is 20.8 Å². The van der Waals surface area contributed by atoms with Gasteiger partial charge in [0.2, 0.25) is 0 Å². The molecule has 4 nitrogen and oxygen atoms in total. The molecule has 0 saturated heterocycles. The van der Waals surface area contributed by atoms with Crippen LogP contribution in [0.3, 0.4) is 0 Å². The average molecular weight is 346 g/mol. The number of halogens is 1. The monoisotopic (exact) mass is 346 g/mol. The first-order valence-electron chi connectivity index (χ1n) is 4.88. The molecule has 0 bridgehead atoms. The number of aromatic nitrogens is 3. The van der Waals surface area contributed by atoms with Crippen LogP contribution in [-0.4, -0.2) is 14.5 Å². The summed E-state index contributed by atoms with van der Waals surface area (Å²) in [6.45, 7) is 5.93. The lowest BCUT2D eigenvalue weighted by atomic mass is 10.2. The van der Waals surface area contributed by atoms with E-state index in [1.54, 1.807) is 6.20 Å². The summed E-state index contributed by atoms with van der Waals surface area (Å²) in [5.74, 6) is 0. The van der Waals surface area contributed by atoms with Crippen molar-refractivity contribution in [1.82, 2.24) is 14.5 Å². The standard InChI is InChI=1S/C8H6IN4P.C2H6/c1-5-7-2-6(3-10)4-11-8(7)13(12-5)14-9;1-2/h2,4,14H,1H3;1-2H3. The third-order valence-corrected chi connectivity index (χ3v) is 3.76. The van der Waals surface area contributed by atoms with Crippen LogP contribution >= 0.6 is 28.4 Å². The number of hydrogen-bond acceptors (Lipinski definition) is 3. The van der Waals surface area contributed by atoms with Crippen LogP contribution in [0.1, 0.15) is 25.1 Å². The van der Waals surface area contributed by atoms with Crippen LogP contribution in [0.2, 0.25) is 0 Å². The zero-order valence-corrected chi connectivity index (χ0v) is 12.5. The van der Waals surface area contributed by atoms with E-state index < -0.39 is 0 Å². The Morgan fingerprint density at radius 2 is 2.19 bits per heavy atom. The molecule has 1 unspecified atom stereocenters. The number of hydrogen-bond donors (Lipinski definition) is 0. The van der Waals surface area contributed by atoms with Crippen LogP contribution in [0.15, 0.2) is 12.3 Å². The Morgan fingerprint density at radius 3 is 2.75 bits per heavy atom. The molecule has 0 aliphatic heterocycles. The van der Waals surface area contributed by atoms with E-state index in [0.717, 1.165) is 16.7 Å². The molecule has 2 aromatic rings. The van der Waals surface area contributed by atoms with Gasteiger partial charge >= 0.3 is 0 Å². The largest absolute Gasteiger partial charge is 0.235 e. The maximum atomic E-state index is 8.73. The predicted molar refractivity (Wildman–Crippen MR) is 76.1 cm³/mol. The van der Waals surface area contributed by atoms with Crippen molar-refractivity contribution >= 4 is 39.4 Å². The molecule has 6 heteroatoms. The van der Waals surface area contributed by atoms with E-state index >= 15 is 0 Å². The van der Waals surface area contributed by atoms with Gasteiger partial charge in [0, 0.05) is 11.6 Å². The van der Waals surface area contributed by atoms with Gasteiger partial charge < -0.3 is 0 Å². The summed E-state index contributed by atoms with van der Waals surface area (Å²) < 4.78 is 1.85. The number of fused-ring (bicyclic) bond motifs is 1. The van der Waals surface area contributed by atoms with Gasteiger partial charge in [0.25, 0.3) is 0 Å². The number of pyridine rings is 1. The van der Waals surface area contributed by atoms with Crippen LogP contribution in [0.25, 0.3) is 11.0 Å². The van der Waals surface area contributed by atoms with Crippen LogP contribution in [-0.2, 0) is 0 Å². The van der Waals surface area contributed by atoms with E-state index in [4.69, 9.17) is 5.26 Å². The van der Waals surface area contributed by atoms with Crippen LogP contribution in [0.4, 0.5) is 0 Å². The summed E-state index contributed by atoms with van der Waals surface area (Å²) in [7, 11) is 0. The van der Waals surface area contributed by atoms with E-state index in [2.05, 4.69) is 38.2 Å².